The van der Waals surface area contributed by atoms with E-state index in [1.54, 1.807) is 0 Å². The first-order chi connectivity index (χ1) is 8.19. The van der Waals surface area contributed by atoms with E-state index in [4.69, 9.17) is 0 Å². The number of hydrogen-bond donors (Lipinski definition) is 1. The number of aromatic nitrogens is 1. The number of aryl methyl sites for hydroxylation is 1. The fourth-order valence-corrected chi connectivity index (χ4v) is 3.23. The Morgan fingerprint density at radius 3 is 2.65 bits per heavy atom. The third-order valence-corrected chi connectivity index (χ3v) is 5.37. The Labute approximate surface area is 116 Å². The number of halogens is 1. The molecule has 1 heterocycles. The highest BCUT2D eigenvalue weighted by Gasteiger charge is 2.20. The van der Waals surface area contributed by atoms with Crippen molar-refractivity contribution in [3.05, 3.63) is 22.3 Å². The molecular formula is C13H19BrN2S. The van der Waals surface area contributed by atoms with Crippen molar-refractivity contribution in [2.45, 2.75) is 43.9 Å². The molecule has 0 atom stereocenters. The van der Waals surface area contributed by atoms with Gasteiger partial charge in [0.25, 0.3) is 0 Å². The second-order valence-corrected chi connectivity index (χ2v) is 6.66. The Bertz CT molecular complexity index is 376. The number of hydrogen-bond acceptors (Lipinski definition) is 3. The van der Waals surface area contributed by atoms with Crippen LogP contribution in [0.15, 0.2) is 16.7 Å². The number of anilines is 1. The van der Waals surface area contributed by atoms with Crippen LogP contribution in [0, 0.1) is 6.92 Å². The molecule has 0 amide bonds. The van der Waals surface area contributed by atoms with Gasteiger partial charge in [-0.2, -0.15) is 11.8 Å². The third kappa shape index (κ3) is 3.62. The summed E-state index contributed by atoms with van der Waals surface area (Å²) in [5, 5.41) is 4.42. The maximum absolute atomic E-state index is 4.41. The Balaban J connectivity index is 1.91. The standard InChI is InChI=1S/C13H19BrN2S/c1-9-7-13(15-8-12(9)14)16-10-3-5-11(17-2)6-4-10/h7-8,10-11H,3-6H2,1-2H3,(H,15,16). The average Bonchev–Trinajstić information content (AvgIpc) is 2.35. The fraction of sp³-hybridized carbons (Fsp3) is 0.615. The minimum atomic E-state index is 0.603. The normalized spacial score (nSPS) is 24.6. The van der Waals surface area contributed by atoms with E-state index in [1.807, 2.05) is 18.0 Å². The van der Waals surface area contributed by atoms with Crippen LogP contribution in [0.25, 0.3) is 0 Å². The number of thioether (sulfide) groups is 1. The average molecular weight is 315 g/mol. The molecule has 0 unspecified atom stereocenters. The van der Waals surface area contributed by atoms with E-state index >= 15 is 0 Å². The predicted molar refractivity (Wildman–Crippen MR) is 79.9 cm³/mol. The van der Waals surface area contributed by atoms with Gasteiger partial charge in [0.15, 0.2) is 0 Å². The van der Waals surface area contributed by atoms with Gasteiger partial charge in [0, 0.05) is 22.0 Å². The van der Waals surface area contributed by atoms with Crippen LogP contribution in [0.4, 0.5) is 5.82 Å². The Morgan fingerprint density at radius 2 is 2.06 bits per heavy atom. The van der Waals surface area contributed by atoms with E-state index in [0.717, 1.165) is 15.5 Å². The summed E-state index contributed by atoms with van der Waals surface area (Å²) in [6.45, 7) is 2.10. The van der Waals surface area contributed by atoms with Crippen molar-refractivity contribution in [3.63, 3.8) is 0 Å². The molecule has 0 aliphatic heterocycles. The maximum Gasteiger partial charge on any atom is 0.126 e. The first-order valence-corrected chi connectivity index (χ1v) is 8.18. The van der Waals surface area contributed by atoms with Crippen LogP contribution >= 0.6 is 27.7 Å². The first-order valence-electron chi connectivity index (χ1n) is 6.10. The lowest BCUT2D eigenvalue weighted by atomic mass is 9.95. The summed E-state index contributed by atoms with van der Waals surface area (Å²) in [5.74, 6) is 1.01. The molecule has 0 radical (unpaired) electrons. The van der Waals surface area contributed by atoms with Crippen molar-refractivity contribution in [2.75, 3.05) is 11.6 Å². The summed E-state index contributed by atoms with van der Waals surface area (Å²) in [4.78, 5) is 4.41. The summed E-state index contributed by atoms with van der Waals surface area (Å²) >= 11 is 5.49. The lowest BCUT2D eigenvalue weighted by Crippen LogP contribution is -2.27. The quantitative estimate of drug-likeness (QED) is 0.903. The number of rotatable bonds is 3. The molecule has 1 aliphatic carbocycles. The van der Waals surface area contributed by atoms with Gasteiger partial charge in [0.1, 0.15) is 5.82 Å². The zero-order valence-corrected chi connectivity index (χ0v) is 12.8. The zero-order valence-electron chi connectivity index (χ0n) is 10.4. The van der Waals surface area contributed by atoms with Crippen LogP contribution in [-0.4, -0.2) is 22.5 Å². The van der Waals surface area contributed by atoms with Gasteiger partial charge in [-0.1, -0.05) is 0 Å². The SMILES string of the molecule is CSC1CCC(Nc2cc(C)c(Br)cn2)CC1. The predicted octanol–water partition coefficient (Wildman–Crippen LogP) is 4.24. The zero-order chi connectivity index (χ0) is 12.3. The Morgan fingerprint density at radius 1 is 1.35 bits per heavy atom. The highest BCUT2D eigenvalue weighted by molar-refractivity contribution is 9.10. The van der Waals surface area contributed by atoms with Crippen LogP contribution in [0.2, 0.25) is 0 Å². The van der Waals surface area contributed by atoms with Crippen molar-refractivity contribution < 1.29 is 0 Å². The molecule has 17 heavy (non-hydrogen) atoms. The summed E-state index contributed by atoms with van der Waals surface area (Å²) in [5.41, 5.74) is 1.24. The molecule has 4 heteroatoms. The lowest BCUT2D eigenvalue weighted by molar-refractivity contribution is 0.472. The molecule has 2 rings (SSSR count). The monoisotopic (exact) mass is 314 g/mol. The highest BCUT2D eigenvalue weighted by atomic mass is 79.9. The summed E-state index contributed by atoms with van der Waals surface area (Å²) in [6, 6.07) is 2.72. The van der Waals surface area contributed by atoms with Crippen LogP contribution in [0.3, 0.4) is 0 Å². The van der Waals surface area contributed by atoms with Gasteiger partial charge >= 0.3 is 0 Å². The smallest absolute Gasteiger partial charge is 0.126 e. The van der Waals surface area contributed by atoms with Crippen molar-refractivity contribution in [1.82, 2.24) is 4.98 Å². The molecule has 0 aromatic carbocycles. The van der Waals surface area contributed by atoms with E-state index in [2.05, 4.69) is 45.5 Å². The first kappa shape index (κ1) is 13.2. The molecule has 1 N–H and O–H groups in total. The summed E-state index contributed by atoms with van der Waals surface area (Å²) < 4.78 is 1.08. The van der Waals surface area contributed by atoms with E-state index in [1.165, 1.54) is 31.2 Å². The van der Waals surface area contributed by atoms with E-state index in [9.17, 15) is 0 Å². The van der Waals surface area contributed by atoms with E-state index in [0.29, 0.717) is 6.04 Å². The molecule has 94 valence electrons. The van der Waals surface area contributed by atoms with Crippen molar-refractivity contribution in [2.24, 2.45) is 0 Å². The largest absolute Gasteiger partial charge is 0.367 e. The third-order valence-electron chi connectivity index (χ3n) is 3.41. The molecule has 1 fully saturated rings. The topological polar surface area (TPSA) is 24.9 Å². The Kier molecular flexibility index (Phi) is 4.74. The van der Waals surface area contributed by atoms with Gasteiger partial charge in [-0.05, 0) is 66.4 Å². The molecule has 2 nitrogen and oxygen atoms in total. The van der Waals surface area contributed by atoms with Gasteiger partial charge in [-0.15, -0.1) is 0 Å². The minimum Gasteiger partial charge on any atom is -0.367 e. The van der Waals surface area contributed by atoms with Gasteiger partial charge in [0.2, 0.25) is 0 Å². The molecule has 1 aromatic heterocycles. The highest BCUT2D eigenvalue weighted by Crippen LogP contribution is 2.28. The number of pyridine rings is 1. The lowest BCUT2D eigenvalue weighted by Gasteiger charge is -2.28. The van der Waals surface area contributed by atoms with Crippen LogP contribution < -0.4 is 5.32 Å². The summed E-state index contributed by atoms with van der Waals surface area (Å²) in [7, 11) is 0. The van der Waals surface area contributed by atoms with E-state index in [-0.39, 0.29) is 0 Å². The fourth-order valence-electron chi connectivity index (χ4n) is 2.27. The van der Waals surface area contributed by atoms with Crippen molar-refractivity contribution in [1.29, 1.82) is 0 Å². The molecule has 0 bridgehead atoms. The van der Waals surface area contributed by atoms with Gasteiger partial charge < -0.3 is 5.32 Å². The molecule has 0 spiro atoms. The second kappa shape index (κ2) is 6.10. The molecular weight excluding hydrogens is 296 g/mol. The van der Waals surface area contributed by atoms with Gasteiger partial charge in [-0.25, -0.2) is 4.98 Å². The van der Waals surface area contributed by atoms with E-state index < -0.39 is 0 Å². The van der Waals surface area contributed by atoms with Gasteiger partial charge in [-0.3, -0.25) is 0 Å². The second-order valence-electron chi connectivity index (χ2n) is 4.67. The summed E-state index contributed by atoms with van der Waals surface area (Å²) in [6.07, 6.45) is 9.29. The van der Waals surface area contributed by atoms with Crippen LogP contribution in [-0.2, 0) is 0 Å². The molecule has 0 saturated heterocycles. The van der Waals surface area contributed by atoms with Gasteiger partial charge in [0.05, 0.1) is 0 Å². The molecule has 1 aliphatic rings. The number of nitrogens with zero attached hydrogens (tertiary/aromatic N) is 1. The molecule has 1 aromatic rings. The van der Waals surface area contributed by atoms with Crippen molar-refractivity contribution in [3.8, 4) is 0 Å². The van der Waals surface area contributed by atoms with Crippen LogP contribution in [0.1, 0.15) is 31.2 Å². The Hall–Kier alpha value is -0.220. The minimum absolute atomic E-state index is 0.603. The molecule has 1 saturated carbocycles. The van der Waals surface area contributed by atoms with Crippen LogP contribution in [0.5, 0.6) is 0 Å². The number of nitrogens with one attached hydrogen (secondary N) is 1. The van der Waals surface area contributed by atoms with Crippen molar-refractivity contribution >= 4 is 33.5 Å². The maximum atomic E-state index is 4.41.